The molecule has 1 unspecified atom stereocenters. The first-order chi connectivity index (χ1) is 8.58. The molecule has 2 nitrogen and oxygen atoms in total. The molecular weight excluding hydrogens is 297 g/mol. The minimum absolute atomic E-state index is 0.190. The normalized spacial score (nSPS) is 12.2. The zero-order valence-electron chi connectivity index (χ0n) is 9.86. The van der Waals surface area contributed by atoms with E-state index in [0.717, 1.165) is 10.0 Å². The van der Waals surface area contributed by atoms with Crippen molar-refractivity contribution < 1.29 is 9.13 Å². The molecule has 2 aromatic rings. The van der Waals surface area contributed by atoms with Gasteiger partial charge in [0.2, 0.25) is 0 Å². The quantitative estimate of drug-likeness (QED) is 0.912. The minimum Gasteiger partial charge on any atom is -0.454 e. The number of nitrogens with two attached hydrogens (primary N) is 1. The van der Waals surface area contributed by atoms with E-state index in [1.807, 2.05) is 19.1 Å². The molecule has 0 saturated heterocycles. The van der Waals surface area contributed by atoms with Crippen LogP contribution in [-0.4, -0.2) is 0 Å². The van der Waals surface area contributed by atoms with Gasteiger partial charge in [0, 0.05) is 16.1 Å². The average molecular weight is 310 g/mol. The Bertz CT molecular complexity index is 557. The van der Waals surface area contributed by atoms with Crippen molar-refractivity contribution in [2.45, 2.75) is 13.0 Å². The molecule has 2 aromatic carbocycles. The van der Waals surface area contributed by atoms with Crippen LogP contribution in [0.5, 0.6) is 11.5 Å². The topological polar surface area (TPSA) is 35.2 Å². The maximum Gasteiger partial charge on any atom is 0.165 e. The molecule has 2 rings (SSSR count). The number of ether oxygens (including phenoxy) is 1. The Hall–Kier alpha value is -1.39. The second-order valence-electron chi connectivity index (χ2n) is 4.00. The fraction of sp³-hybridized carbons (Fsp3) is 0.143. The summed E-state index contributed by atoms with van der Waals surface area (Å²) in [5.74, 6) is 0.371. The number of halogens is 2. The molecule has 4 heteroatoms. The Labute approximate surface area is 114 Å². The number of hydrogen-bond acceptors (Lipinski definition) is 2. The predicted octanol–water partition coefficient (Wildman–Crippen LogP) is 4.40. The molecule has 0 aliphatic carbocycles. The molecule has 0 fully saturated rings. The number of hydrogen-bond donors (Lipinski definition) is 1. The van der Waals surface area contributed by atoms with E-state index < -0.39 is 5.82 Å². The fourth-order valence-electron chi connectivity index (χ4n) is 1.61. The third kappa shape index (κ3) is 2.89. The lowest BCUT2D eigenvalue weighted by Gasteiger charge is -2.14. The number of rotatable bonds is 3. The van der Waals surface area contributed by atoms with Gasteiger partial charge in [0.1, 0.15) is 5.75 Å². The second kappa shape index (κ2) is 5.50. The van der Waals surface area contributed by atoms with Crippen molar-refractivity contribution in [2.24, 2.45) is 5.73 Å². The Morgan fingerprint density at radius 1 is 1.17 bits per heavy atom. The molecule has 0 aromatic heterocycles. The van der Waals surface area contributed by atoms with Crippen LogP contribution >= 0.6 is 15.9 Å². The van der Waals surface area contributed by atoms with Crippen LogP contribution in [0.3, 0.4) is 0 Å². The number of benzene rings is 2. The first kappa shape index (κ1) is 13.1. The van der Waals surface area contributed by atoms with Crippen molar-refractivity contribution >= 4 is 15.9 Å². The summed E-state index contributed by atoms with van der Waals surface area (Å²) in [4.78, 5) is 0. The fourth-order valence-corrected chi connectivity index (χ4v) is 1.99. The molecule has 0 aliphatic rings. The van der Waals surface area contributed by atoms with Gasteiger partial charge >= 0.3 is 0 Å². The predicted molar refractivity (Wildman–Crippen MR) is 73.2 cm³/mol. The van der Waals surface area contributed by atoms with E-state index in [0.29, 0.717) is 5.75 Å². The van der Waals surface area contributed by atoms with Gasteiger partial charge in [0.15, 0.2) is 11.6 Å². The highest BCUT2D eigenvalue weighted by molar-refractivity contribution is 9.10. The number of para-hydroxylation sites is 1. The highest BCUT2D eigenvalue weighted by atomic mass is 79.9. The molecule has 0 aliphatic heterocycles. The molecule has 0 saturated carbocycles. The lowest BCUT2D eigenvalue weighted by atomic mass is 10.1. The molecule has 1 atom stereocenters. The third-order valence-corrected chi connectivity index (χ3v) is 3.01. The summed E-state index contributed by atoms with van der Waals surface area (Å²) in [5.41, 5.74) is 6.71. The van der Waals surface area contributed by atoms with Crippen LogP contribution in [0.4, 0.5) is 4.39 Å². The molecule has 18 heavy (non-hydrogen) atoms. The van der Waals surface area contributed by atoms with Gasteiger partial charge in [-0.3, -0.25) is 0 Å². The summed E-state index contributed by atoms with van der Waals surface area (Å²) in [6.45, 7) is 1.86. The van der Waals surface area contributed by atoms with Crippen LogP contribution in [-0.2, 0) is 0 Å². The van der Waals surface area contributed by atoms with E-state index in [9.17, 15) is 4.39 Å². The van der Waals surface area contributed by atoms with Crippen molar-refractivity contribution in [3.8, 4) is 11.5 Å². The van der Waals surface area contributed by atoms with E-state index >= 15 is 0 Å². The van der Waals surface area contributed by atoms with Gasteiger partial charge in [0.05, 0.1) is 0 Å². The van der Waals surface area contributed by atoms with Gasteiger partial charge in [-0.1, -0.05) is 28.1 Å². The Balaban J connectivity index is 2.37. The smallest absolute Gasteiger partial charge is 0.165 e. The van der Waals surface area contributed by atoms with Crippen LogP contribution in [0.25, 0.3) is 0 Å². The molecule has 0 spiro atoms. The Morgan fingerprint density at radius 2 is 1.89 bits per heavy atom. The molecule has 0 heterocycles. The van der Waals surface area contributed by atoms with Gasteiger partial charge in [-0.15, -0.1) is 0 Å². The molecule has 2 N–H and O–H groups in total. The summed E-state index contributed by atoms with van der Waals surface area (Å²) in [6.07, 6.45) is 0. The van der Waals surface area contributed by atoms with Crippen molar-refractivity contribution in [2.75, 3.05) is 0 Å². The highest BCUT2D eigenvalue weighted by Crippen LogP contribution is 2.32. The SMILES string of the molecule is CC(N)c1cc(Br)ccc1Oc1ccccc1F. The first-order valence-corrected chi connectivity index (χ1v) is 6.34. The zero-order chi connectivity index (χ0) is 13.1. The van der Waals surface area contributed by atoms with Crippen molar-refractivity contribution in [3.05, 3.63) is 58.3 Å². The maximum atomic E-state index is 13.5. The minimum atomic E-state index is -0.393. The van der Waals surface area contributed by atoms with E-state index in [1.54, 1.807) is 24.3 Å². The highest BCUT2D eigenvalue weighted by Gasteiger charge is 2.11. The van der Waals surface area contributed by atoms with Crippen LogP contribution in [0.15, 0.2) is 46.9 Å². The Morgan fingerprint density at radius 3 is 2.56 bits per heavy atom. The van der Waals surface area contributed by atoms with Crippen LogP contribution in [0, 0.1) is 5.82 Å². The van der Waals surface area contributed by atoms with E-state index in [-0.39, 0.29) is 11.8 Å². The van der Waals surface area contributed by atoms with E-state index in [1.165, 1.54) is 6.07 Å². The van der Waals surface area contributed by atoms with E-state index in [2.05, 4.69) is 15.9 Å². The van der Waals surface area contributed by atoms with Crippen LogP contribution in [0.2, 0.25) is 0 Å². The summed E-state index contributed by atoms with van der Waals surface area (Å²) in [5, 5.41) is 0. The van der Waals surface area contributed by atoms with Gasteiger partial charge in [-0.05, 0) is 37.3 Å². The van der Waals surface area contributed by atoms with E-state index in [4.69, 9.17) is 10.5 Å². The average Bonchev–Trinajstić information content (AvgIpc) is 2.34. The summed E-state index contributed by atoms with van der Waals surface area (Å²) >= 11 is 3.38. The van der Waals surface area contributed by atoms with Crippen molar-refractivity contribution in [1.29, 1.82) is 0 Å². The lowest BCUT2D eigenvalue weighted by molar-refractivity contribution is 0.435. The van der Waals surface area contributed by atoms with Gasteiger partial charge in [0.25, 0.3) is 0 Å². The standard InChI is InChI=1S/C14H13BrFNO/c1-9(17)11-8-10(15)6-7-13(11)18-14-5-3-2-4-12(14)16/h2-9H,17H2,1H3. The molecule has 0 amide bonds. The first-order valence-electron chi connectivity index (χ1n) is 5.55. The Kier molecular flexibility index (Phi) is 3.99. The van der Waals surface area contributed by atoms with Gasteiger partial charge < -0.3 is 10.5 Å². The summed E-state index contributed by atoms with van der Waals surface area (Å²) in [7, 11) is 0. The maximum absolute atomic E-state index is 13.5. The largest absolute Gasteiger partial charge is 0.454 e. The lowest BCUT2D eigenvalue weighted by Crippen LogP contribution is -2.06. The van der Waals surface area contributed by atoms with Crippen LogP contribution < -0.4 is 10.5 Å². The van der Waals surface area contributed by atoms with Crippen LogP contribution in [0.1, 0.15) is 18.5 Å². The third-order valence-electron chi connectivity index (χ3n) is 2.52. The molecule has 94 valence electrons. The van der Waals surface area contributed by atoms with Gasteiger partial charge in [-0.25, -0.2) is 4.39 Å². The monoisotopic (exact) mass is 309 g/mol. The van der Waals surface area contributed by atoms with Crippen molar-refractivity contribution in [3.63, 3.8) is 0 Å². The molecular formula is C14H13BrFNO. The summed E-state index contributed by atoms with van der Waals surface area (Å²) in [6, 6.07) is 11.6. The molecule has 0 radical (unpaired) electrons. The van der Waals surface area contributed by atoms with Crippen molar-refractivity contribution in [1.82, 2.24) is 0 Å². The summed E-state index contributed by atoms with van der Waals surface area (Å²) < 4.78 is 20.0. The second-order valence-corrected chi connectivity index (χ2v) is 4.92. The van der Waals surface area contributed by atoms with Gasteiger partial charge in [-0.2, -0.15) is 0 Å². The molecule has 0 bridgehead atoms. The zero-order valence-corrected chi connectivity index (χ0v) is 11.4.